The van der Waals surface area contributed by atoms with Gasteiger partial charge in [0, 0.05) is 10.4 Å². The third kappa shape index (κ3) is 3.41. The number of carbonyl (C=O) groups excluding carboxylic acids is 1. The summed E-state index contributed by atoms with van der Waals surface area (Å²) in [6, 6.07) is 5.21. The Labute approximate surface area is 119 Å². The van der Waals surface area contributed by atoms with Gasteiger partial charge >= 0.3 is 0 Å². The largest absolute Gasteiger partial charge is 0.483 e. The van der Waals surface area contributed by atoms with Gasteiger partial charge in [-0.15, -0.1) is 10.2 Å². The number of aldehydes is 1. The first-order valence-corrected chi connectivity index (χ1v) is 6.59. The third-order valence-corrected chi connectivity index (χ3v) is 2.92. The second-order valence-corrected chi connectivity index (χ2v) is 5.19. The maximum Gasteiger partial charge on any atom is 0.253 e. The summed E-state index contributed by atoms with van der Waals surface area (Å²) in [7, 11) is 0. The number of rotatable bonds is 5. The molecular weight excluding hydrogens is 312 g/mol. The van der Waals surface area contributed by atoms with E-state index >= 15 is 0 Å². The van der Waals surface area contributed by atoms with Crippen molar-refractivity contribution in [1.82, 2.24) is 10.2 Å². The van der Waals surface area contributed by atoms with Gasteiger partial charge in [-0.05, 0) is 18.2 Å². The summed E-state index contributed by atoms with van der Waals surface area (Å²) in [4.78, 5) is 10.9. The highest BCUT2D eigenvalue weighted by Gasteiger charge is 2.11. The normalized spacial score (nSPS) is 10.7. The van der Waals surface area contributed by atoms with Crippen molar-refractivity contribution < 1.29 is 13.9 Å². The van der Waals surface area contributed by atoms with Crippen LogP contribution in [0.5, 0.6) is 5.75 Å². The van der Waals surface area contributed by atoms with Gasteiger partial charge in [0.1, 0.15) is 5.75 Å². The minimum atomic E-state index is 0.141. The van der Waals surface area contributed by atoms with Crippen molar-refractivity contribution in [3.8, 4) is 5.75 Å². The fourth-order valence-corrected chi connectivity index (χ4v) is 1.82. The van der Waals surface area contributed by atoms with Crippen LogP contribution in [0.3, 0.4) is 0 Å². The lowest BCUT2D eigenvalue weighted by Crippen LogP contribution is -1.98. The summed E-state index contributed by atoms with van der Waals surface area (Å²) in [6.07, 6.45) is 0.744. The molecule has 0 saturated carbocycles. The number of benzene rings is 1. The van der Waals surface area contributed by atoms with Crippen LogP contribution in [0.15, 0.2) is 27.1 Å². The van der Waals surface area contributed by atoms with E-state index in [1.807, 2.05) is 13.8 Å². The highest BCUT2D eigenvalue weighted by Crippen LogP contribution is 2.22. The van der Waals surface area contributed by atoms with Crippen molar-refractivity contribution >= 4 is 22.2 Å². The van der Waals surface area contributed by atoms with Crippen molar-refractivity contribution in [2.75, 3.05) is 0 Å². The Morgan fingerprint density at radius 2 is 2.21 bits per heavy atom. The molecule has 0 amide bonds. The molecule has 0 bridgehead atoms. The summed E-state index contributed by atoms with van der Waals surface area (Å²) >= 11 is 3.30. The number of nitrogens with zero attached hydrogens (tertiary/aromatic N) is 2. The molecule has 0 N–H and O–H groups in total. The van der Waals surface area contributed by atoms with Crippen LogP contribution in [0.1, 0.15) is 41.9 Å². The van der Waals surface area contributed by atoms with Crippen LogP contribution >= 0.6 is 15.9 Å². The number of hydrogen-bond donors (Lipinski definition) is 0. The molecule has 1 aromatic heterocycles. The fourth-order valence-electron chi connectivity index (χ4n) is 1.44. The number of hydrogen-bond acceptors (Lipinski definition) is 5. The van der Waals surface area contributed by atoms with E-state index in [-0.39, 0.29) is 12.5 Å². The maximum atomic E-state index is 10.9. The Hall–Kier alpha value is -1.69. The molecule has 19 heavy (non-hydrogen) atoms. The molecule has 0 aliphatic heterocycles. The van der Waals surface area contributed by atoms with E-state index in [0.717, 1.165) is 10.8 Å². The Morgan fingerprint density at radius 3 is 2.84 bits per heavy atom. The Bertz CT molecular complexity index is 581. The van der Waals surface area contributed by atoms with E-state index in [4.69, 9.17) is 9.15 Å². The maximum absolute atomic E-state index is 10.9. The predicted molar refractivity (Wildman–Crippen MR) is 72.2 cm³/mol. The minimum Gasteiger partial charge on any atom is -0.483 e. The molecule has 100 valence electrons. The highest BCUT2D eigenvalue weighted by atomic mass is 79.9. The molecule has 0 aliphatic carbocycles. The lowest BCUT2D eigenvalue weighted by atomic mass is 10.2. The average Bonchev–Trinajstić information content (AvgIpc) is 2.86. The zero-order chi connectivity index (χ0) is 13.8. The van der Waals surface area contributed by atoms with Crippen molar-refractivity contribution in [3.05, 3.63) is 40.0 Å². The second-order valence-electron chi connectivity index (χ2n) is 4.28. The van der Waals surface area contributed by atoms with Crippen molar-refractivity contribution in [2.24, 2.45) is 0 Å². The number of aromatic nitrogens is 2. The van der Waals surface area contributed by atoms with Crippen LogP contribution in [0.25, 0.3) is 0 Å². The molecule has 0 unspecified atom stereocenters. The predicted octanol–water partition coefficient (Wildman–Crippen LogP) is 3.35. The summed E-state index contributed by atoms with van der Waals surface area (Å²) < 4.78 is 11.8. The van der Waals surface area contributed by atoms with Gasteiger partial charge < -0.3 is 9.15 Å². The molecule has 0 aliphatic rings. The fraction of sp³-hybridized carbons (Fsp3) is 0.308. The van der Waals surface area contributed by atoms with Crippen LogP contribution < -0.4 is 4.74 Å². The van der Waals surface area contributed by atoms with Crippen molar-refractivity contribution in [1.29, 1.82) is 0 Å². The van der Waals surface area contributed by atoms with Gasteiger partial charge in [-0.25, -0.2) is 0 Å². The van der Waals surface area contributed by atoms with E-state index in [0.29, 0.717) is 23.1 Å². The molecule has 5 nitrogen and oxygen atoms in total. The van der Waals surface area contributed by atoms with Crippen LogP contribution in [-0.2, 0) is 6.61 Å². The Morgan fingerprint density at radius 1 is 1.42 bits per heavy atom. The van der Waals surface area contributed by atoms with Gasteiger partial charge in [-0.3, -0.25) is 4.79 Å². The molecule has 0 atom stereocenters. The van der Waals surface area contributed by atoms with Gasteiger partial charge in [0.05, 0.1) is 5.56 Å². The van der Waals surface area contributed by atoms with Crippen molar-refractivity contribution in [3.63, 3.8) is 0 Å². The summed E-state index contributed by atoms with van der Waals surface area (Å²) in [6.45, 7) is 4.08. The third-order valence-electron chi connectivity index (χ3n) is 2.43. The van der Waals surface area contributed by atoms with Gasteiger partial charge in [0.15, 0.2) is 12.9 Å². The number of carbonyl (C=O) groups is 1. The SMILES string of the molecule is CC(C)c1nnc(COc2ccc(Br)cc2C=O)o1. The van der Waals surface area contributed by atoms with Gasteiger partial charge in [0.2, 0.25) is 5.89 Å². The molecule has 0 radical (unpaired) electrons. The summed E-state index contributed by atoms with van der Waals surface area (Å²) in [5, 5.41) is 7.80. The molecule has 0 spiro atoms. The van der Waals surface area contributed by atoms with E-state index in [2.05, 4.69) is 26.1 Å². The van der Waals surface area contributed by atoms with E-state index in [9.17, 15) is 4.79 Å². The van der Waals surface area contributed by atoms with Crippen LogP contribution in [0, 0.1) is 0 Å². The van der Waals surface area contributed by atoms with E-state index < -0.39 is 0 Å². The first-order valence-electron chi connectivity index (χ1n) is 5.80. The van der Waals surface area contributed by atoms with E-state index in [1.54, 1.807) is 18.2 Å². The molecule has 6 heteroatoms. The van der Waals surface area contributed by atoms with Gasteiger partial charge in [-0.2, -0.15) is 0 Å². The molecular formula is C13H13BrN2O3. The van der Waals surface area contributed by atoms with Crippen LogP contribution in [-0.4, -0.2) is 16.5 Å². The lowest BCUT2D eigenvalue weighted by molar-refractivity contribution is 0.111. The Balaban J connectivity index is 2.07. The van der Waals surface area contributed by atoms with Gasteiger partial charge in [-0.1, -0.05) is 29.8 Å². The van der Waals surface area contributed by atoms with Crippen molar-refractivity contribution in [2.45, 2.75) is 26.4 Å². The smallest absolute Gasteiger partial charge is 0.253 e. The first kappa shape index (κ1) is 13.7. The first-order chi connectivity index (χ1) is 9.10. The zero-order valence-electron chi connectivity index (χ0n) is 10.6. The molecule has 2 rings (SSSR count). The summed E-state index contributed by atoms with van der Waals surface area (Å²) in [5.74, 6) is 1.63. The minimum absolute atomic E-state index is 0.141. The number of halogens is 1. The highest BCUT2D eigenvalue weighted by molar-refractivity contribution is 9.10. The molecule has 2 aromatic rings. The monoisotopic (exact) mass is 324 g/mol. The quantitative estimate of drug-likeness (QED) is 0.789. The second kappa shape index (κ2) is 5.97. The summed E-state index contributed by atoms with van der Waals surface area (Å²) in [5.41, 5.74) is 0.470. The zero-order valence-corrected chi connectivity index (χ0v) is 12.2. The number of ether oxygens (including phenoxy) is 1. The Kier molecular flexibility index (Phi) is 4.31. The molecule has 0 saturated heterocycles. The lowest BCUT2D eigenvalue weighted by Gasteiger charge is -2.06. The topological polar surface area (TPSA) is 65.2 Å². The molecule has 1 aromatic carbocycles. The molecule has 1 heterocycles. The standard InChI is InChI=1S/C13H13BrN2O3/c1-8(2)13-16-15-12(19-13)7-18-11-4-3-10(14)5-9(11)6-17/h3-6,8H,7H2,1-2H3. The van der Waals surface area contributed by atoms with Gasteiger partial charge in [0.25, 0.3) is 5.89 Å². The molecule has 0 fully saturated rings. The van der Waals surface area contributed by atoms with Crippen LogP contribution in [0.2, 0.25) is 0 Å². The van der Waals surface area contributed by atoms with E-state index in [1.165, 1.54) is 0 Å². The van der Waals surface area contributed by atoms with Crippen LogP contribution in [0.4, 0.5) is 0 Å². The average molecular weight is 325 g/mol.